The average molecular weight is 350 g/mol. The Morgan fingerprint density at radius 3 is 2.23 bits per heavy atom. The van der Waals surface area contributed by atoms with Gasteiger partial charge in [-0.1, -0.05) is 63.2 Å². The van der Waals surface area contributed by atoms with E-state index in [0.717, 1.165) is 33.8 Å². The summed E-state index contributed by atoms with van der Waals surface area (Å²) in [7, 11) is 1.94. The predicted molar refractivity (Wildman–Crippen MR) is 107 cm³/mol. The van der Waals surface area contributed by atoms with Gasteiger partial charge in [0.2, 0.25) is 5.91 Å². The number of carbonyl (C=O) groups is 1. The normalized spacial score (nSPS) is 15.3. The second-order valence-electron chi connectivity index (χ2n) is 6.04. The van der Waals surface area contributed by atoms with E-state index in [1.807, 2.05) is 68.2 Å². The molecule has 0 bridgehead atoms. The molecule has 2 aliphatic rings. The van der Waals surface area contributed by atoms with Gasteiger partial charge >= 0.3 is 0 Å². The molecule has 5 nitrogen and oxygen atoms in total. The van der Waals surface area contributed by atoms with Crippen molar-refractivity contribution in [2.45, 2.75) is 33.7 Å². The third kappa shape index (κ3) is 3.06. The monoisotopic (exact) mass is 350 g/mol. The van der Waals surface area contributed by atoms with Gasteiger partial charge in [0.05, 0.1) is 23.6 Å². The first kappa shape index (κ1) is 18.0. The fraction of sp³-hybridized carbons (Fsp3) is 0.286. The van der Waals surface area contributed by atoms with Crippen LogP contribution in [0.25, 0.3) is 11.4 Å². The summed E-state index contributed by atoms with van der Waals surface area (Å²) < 4.78 is 0. The maximum absolute atomic E-state index is 12.6. The van der Waals surface area contributed by atoms with E-state index in [-0.39, 0.29) is 5.91 Å². The van der Waals surface area contributed by atoms with E-state index in [1.165, 1.54) is 0 Å². The lowest BCUT2D eigenvalue weighted by Crippen LogP contribution is -2.35. The summed E-state index contributed by atoms with van der Waals surface area (Å²) in [6.07, 6.45) is 0.480. The third-order valence-corrected chi connectivity index (χ3v) is 4.49. The number of hydrogen-bond donors (Lipinski definition) is 2. The molecule has 4 rings (SSSR count). The van der Waals surface area contributed by atoms with Crippen LogP contribution in [-0.4, -0.2) is 18.1 Å². The van der Waals surface area contributed by atoms with Gasteiger partial charge in [-0.15, -0.1) is 5.12 Å². The lowest BCUT2D eigenvalue weighted by atomic mass is 9.96. The highest BCUT2D eigenvalue weighted by Gasteiger charge is 2.29. The minimum Gasteiger partial charge on any atom is -0.307 e. The Bertz CT molecular complexity index is 843. The number of anilines is 1. The number of benzene rings is 2. The molecule has 0 unspecified atom stereocenters. The first-order chi connectivity index (χ1) is 12.7. The van der Waals surface area contributed by atoms with Crippen LogP contribution in [0.15, 0.2) is 48.5 Å². The molecule has 0 radical (unpaired) electrons. The molecule has 0 aliphatic carbocycles. The zero-order chi connectivity index (χ0) is 18.7. The highest BCUT2D eigenvalue weighted by atomic mass is 16.2. The molecule has 2 N–H and O–H groups in total. The SMILES string of the molecule is CC.CCC(=O)N1Cc2ccccc2C2=C(NN(C)N2)c2ccccc21. The van der Waals surface area contributed by atoms with Crippen LogP contribution in [0.5, 0.6) is 0 Å². The topological polar surface area (TPSA) is 47.6 Å². The summed E-state index contributed by atoms with van der Waals surface area (Å²) in [5.74, 6) is 0.126. The Kier molecular flexibility index (Phi) is 5.28. The maximum Gasteiger partial charge on any atom is 0.227 e. The van der Waals surface area contributed by atoms with E-state index in [1.54, 1.807) is 0 Å². The summed E-state index contributed by atoms with van der Waals surface area (Å²) in [6.45, 7) is 6.48. The van der Waals surface area contributed by atoms with Gasteiger partial charge in [0.1, 0.15) is 0 Å². The molecular weight excluding hydrogens is 324 g/mol. The Balaban J connectivity index is 0.000000948. The van der Waals surface area contributed by atoms with Crippen molar-refractivity contribution < 1.29 is 4.79 Å². The first-order valence-corrected chi connectivity index (χ1v) is 9.18. The molecule has 0 atom stereocenters. The number of rotatable bonds is 1. The van der Waals surface area contributed by atoms with Crippen molar-refractivity contribution in [1.82, 2.24) is 16.0 Å². The van der Waals surface area contributed by atoms with Crippen molar-refractivity contribution in [2.24, 2.45) is 0 Å². The molecule has 0 saturated carbocycles. The molecule has 2 heterocycles. The highest BCUT2D eigenvalue weighted by molar-refractivity contribution is 6.01. The molecule has 2 aliphatic heterocycles. The number of amides is 1. The fourth-order valence-corrected chi connectivity index (χ4v) is 3.36. The average Bonchev–Trinajstić information content (AvgIpc) is 3.07. The molecule has 0 saturated heterocycles. The van der Waals surface area contributed by atoms with Crippen LogP contribution in [0, 0.1) is 0 Å². The zero-order valence-electron chi connectivity index (χ0n) is 15.8. The number of hydrogen-bond acceptors (Lipinski definition) is 4. The van der Waals surface area contributed by atoms with Crippen LogP contribution in [0.1, 0.15) is 43.9 Å². The van der Waals surface area contributed by atoms with Crippen molar-refractivity contribution in [2.75, 3.05) is 11.9 Å². The Labute approximate surface area is 155 Å². The molecule has 0 aromatic heterocycles. The van der Waals surface area contributed by atoms with Crippen molar-refractivity contribution >= 4 is 23.0 Å². The first-order valence-electron chi connectivity index (χ1n) is 9.18. The second-order valence-corrected chi connectivity index (χ2v) is 6.04. The third-order valence-electron chi connectivity index (χ3n) is 4.49. The van der Waals surface area contributed by atoms with Crippen molar-refractivity contribution in [3.63, 3.8) is 0 Å². The van der Waals surface area contributed by atoms with Crippen LogP contribution >= 0.6 is 0 Å². The summed E-state index contributed by atoms with van der Waals surface area (Å²) >= 11 is 0. The van der Waals surface area contributed by atoms with Crippen LogP contribution in [-0.2, 0) is 11.3 Å². The largest absolute Gasteiger partial charge is 0.307 e. The summed E-state index contributed by atoms with van der Waals surface area (Å²) in [5, 5.41) is 1.84. The molecule has 2 aromatic carbocycles. The van der Waals surface area contributed by atoms with E-state index in [9.17, 15) is 4.79 Å². The predicted octanol–water partition coefficient (Wildman–Crippen LogP) is 3.75. The molecule has 136 valence electrons. The van der Waals surface area contributed by atoms with E-state index in [4.69, 9.17) is 0 Å². The number of hydrazine groups is 2. The summed E-state index contributed by atoms with van der Waals surface area (Å²) in [4.78, 5) is 14.5. The Hall–Kier alpha value is -2.79. The van der Waals surface area contributed by atoms with Gasteiger partial charge in [-0.3, -0.25) is 15.6 Å². The number of fused-ring (bicyclic) bond motifs is 4. The molecule has 0 spiro atoms. The quantitative estimate of drug-likeness (QED) is 0.822. The van der Waals surface area contributed by atoms with Crippen LogP contribution in [0.3, 0.4) is 0 Å². The Morgan fingerprint density at radius 1 is 0.962 bits per heavy atom. The standard InChI is InChI=1S/C19H20N4O.C2H6/c1-3-17(24)23-12-13-8-4-5-9-14(13)18-19(21-22(2)20-18)15-10-6-7-11-16(15)23;1-2/h4-11,20-21H,3,12H2,1-2H3;1-2H3. The van der Waals surface area contributed by atoms with Gasteiger partial charge in [-0.05, 0) is 11.6 Å². The highest BCUT2D eigenvalue weighted by Crippen LogP contribution is 2.37. The second kappa shape index (κ2) is 7.62. The summed E-state index contributed by atoms with van der Waals surface area (Å²) in [5.41, 5.74) is 13.0. The minimum atomic E-state index is 0.126. The van der Waals surface area contributed by atoms with Crippen LogP contribution in [0.2, 0.25) is 0 Å². The number of carbonyl (C=O) groups excluding carboxylic acids is 1. The fourth-order valence-electron chi connectivity index (χ4n) is 3.36. The van der Waals surface area contributed by atoms with Gasteiger partial charge in [-0.2, -0.15) is 0 Å². The van der Waals surface area contributed by atoms with Crippen molar-refractivity contribution in [3.8, 4) is 0 Å². The lowest BCUT2D eigenvalue weighted by molar-refractivity contribution is -0.118. The minimum absolute atomic E-state index is 0.126. The van der Waals surface area contributed by atoms with E-state index in [2.05, 4.69) is 29.1 Å². The number of para-hydroxylation sites is 1. The van der Waals surface area contributed by atoms with Gasteiger partial charge in [0.25, 0.3) is 0 Å². The van der Waals surface area contributed by atoms with Gasteiger partial charge in [-0.25, -0.2) is 0 Å². The lowest BCUT2D eigenvalue weighted by Gasteiger charge is -2.28. The summed E-state index contributed by atoms with van der Waals surface area (Å²) in [6, 6.07) is 16.3. The molecule has 26 heavy (non-hydrogen) atoms. The number of nitrogens with zero attached hydrogens (tertiary/aromatic N) is 2. The maximum atomic E-state index is 12.6. The van der Waals surface area contributed by atoms with Gasteiger partial charge < -0.3 is 4.90 Å². The van der Waals surface area contributed by atoms with Crippen LogP contribution in [0.4, 0.5) is 5.69 Å². The van der Waals surface area contributed by atoms with Gasteiger partial charge in [0, 0.05) is 24.6 Å². The smallest absolute Gasteiger partial charge is 0.227 e. The van der Waals surface area contributed by atoms with E-state index >= 15 is 0 Å². The molecule has 2 aromatic rings. The van der Waals surface area contributed by atoms with Crippen LogP contribution < -0.4 is 15.8 Å². The van der Waals surface area contributed by atoms with Gasteiger partial charge in [0.15, 0.2) is 0 Å². The van der Waals surface area contributed by atoms with Crippen molar-refractivity contribution in [1.29, 1.82) is 0 Å². The molecule has 5 heteroatoms. The van der Waals surface area contributed by atoms with E-state index in [0.29, 0.717) is 13.0 Å². The number of nitrogens with one attached hydrogen (secondary N) is 2. The molecule has 0 fully saturated rings. The molecular formula is C21H26N4O. The zero-order valence-corrected chi connectivity index (χ0v) is 15.8. The molecule has 1 amide bonds. The van der Waals surface area contributed by atoms with Crippen molar-refractivity contribution in [3.05, 3.63) is 65.2 Å². The Morgan fingerprint density at radius 2 is 1.54 bits per heavy atom. The van der Waals surface area contributed by atoms with E-state index < -0.39 is 0 Å².